The first-order valence-corrected chi connectivity index (χ1v) is 32.4. The average Bonchev–Trinajstić information content (AvgIpc) is 3.43. The third-order valence-corrected chi connectivity index (χ3v) is 13.7. The van der Waals surface area contributed by atoms with Gasteiger partial charge in [0.2, 0.25) is 0 Å². The van der Waals surface area contributed by atoms with E-state index in [0.717, 1.165) is 122 Å². The second kappa shape index (κ2) is 64.6. The highest BCUT2D eigenvalue weighted by Gasteiger charge is 2.19. The lowest BCUT2D eigenvalue weighted by atomic mass is 10.1. The molecule has 0 aliphatic rings. The number of carbonyl (C=O) groups is 3. The smallest absolute Gasteiger partial charge is 0.306 e. The molecule has 0 bridgehead atoms. The second-order valence-corrected chi connectivity index (χ2v) is 21.3. The Balaban J connectivity index is 4.40. The van der Waals surface area contributed by atoms with Gasteiger partial charge in [0.25, 0.3) is 0 Å². The van der Waals surface area contributed by atoms with Gasteiger partial charge in [-0.25, -0.2) is 0 Å². The van der Waals surface area contributed by atoms with E-state index in [9.17, 15) is 14.4 Å². The standard InChI is InChI=1S/C71H120O6/c1-4-7-10-13-16-19-22-25-28-31-32-33-34-35-36-37-38-41-43-46-49-52-55-58-61-64-70(73)76-67-68(77-71(74)65-62-59-56-53-50-47-44-40-30-27-24-21-18-15-12-9-6-3)66-75-69(72)63-60-57-54-51-48-45-42-39-29-26-23-20-17-14-11-8-5-2/h9,12,17-18,20-22,25-27,29-32,34-35,44,47,68H,4-8,10-11,13-16,19,23-24,28,33,36-43,45-46,48-67H2,1-3H3/b12-9-,20-17-,21-18-,25-22-,29-26-,30-27-,32-31-,35-34-,47-44-. The van der Waals surface area contributed by atoms with Crippen molar-refractivity contribution in [3.63, 3.8) is 0 Å². The van der Waals surface area contributed by atoms with E-state index in [1.165, 1.54) is 141 Å². The van der Waals surface area contributed by atoms with E-state index in [4.69, 9.17) is 14.2 Å². The van der Waals surface area contributed by atoms with E-state index in [1.807, 2.05) is 0 Å². The van der Waals surface area contributed by atoms with E-state index in [0.29, 0.717) is 19.3 Å². The lowest BCUT2D eigenvalue weighted by molar-refractivity contribution is -0.167. The van der Waals surface area contributed by atoms with Crippen molar-refractivity contribution >= 4 is 17.9 Å². The van der Waals surface area contributed by atoms with Crippen LogP contribution in [0.25, 0.3) is 0 Å². The van der Waals surface area contributed by atoms with Crippen molar-refractivity contribution in [2.75, 3.05) is 13.2 Å². The molecule has 6 heteroatoms. The SMILES string of the molecule is CC/C=C\C/C=C\C/C=C\C/C=C\CCCCCCC(=O)OC(COC(=O)CCCCCCCCC/C=C\C/C=C\CCCCC)COC(=O)CCCCCCCCCCCC/C=C\C/C=C\C/C=C\CCCCCCC. The Labute approximate surface area is 476 Å². The van der Waals surface area contributed by atoms with Crippen molar-refractivity contribution in [2.45, 2.75) is 309 Å². The summed E-state index contributed by atoms with van der Waals surface area (Å²) in [7, 11) is 0. The predicted molar refractivity (Wildman–Crippen MR) is 334 cm³/mol. The molecular weight excluding hydrogens is 949 g/mol. The summed E-state index contributed by atoms with van der Waals surface area (Å²) < 4.78 is 16.9. The minimum absolute atomic E-state index is 0.0935. The highest BCUT2D eigenvalue weighted by atomic mass is 16.6. The molecule has 1 atom stereocenters. The monoisotopic (exact) mass is 1070 g/mol. The van der Waals surface area contributed by atoms with Crippen molar-refractivity contribution in [2.24, 2.45) is 0 Å². The Bertz CT molecular complexity index is 1560. The third-order valence-electron chi connectivity index (χ3n) is 13.7. The maximum Gasteiger partial charge on any atom is 0.306 e. The number of allylic oxidation sites excluding steroid dienone is 18. The molecule has 0 radical (unpaired) electrons. The molecule has 440 valence electrons. The fourth-order valence-electron chi connectivity index (χ4n) is 8.88. The van der Waals surface area contributed by atoms with Gasteiger partial charge in [-0.3, -0.25) is 14.4 Å². The molecule has 0 aromatic heterocycles. The van der Waals surface area contributed by atoms with Crippen LogP contribution in [0, 0.1) is 0 Å². The maximum absolute atomic E-state index is 12.9. The molecule has 0 fully saturated rings. The zero-order valence-electron chi connectivity index (χ0n) is 50.4. The molecule has 0 spiro atoms. The van der Waals surface area contributed by atoms with Gasteiger partial charge in [-0.1, -0.05) is 265 Å². The number of ether oxygens (including phenoxy) is 3. The maximum atomic E-state index is 12.9. The van der Waals surface area contributed by atoms with Crippen LogP contribution in [0.4, 0.5) is 0 Å². The molecule has 0 amide bonds. The lowest BCUT2D eigenvalue weighted by Crippen LogP contribution is -2.30. The highest BCUT2D eigenvalue weighted by Crippen LogP contribution is 2.15. The van der Waals surface area contributed by atoms with Gasteiger partial charge in [-0.2, -0.15) is 0 Å². The summed E-state index contributed by atoms with van der Waals surface area (Å²) in [6, 6.07) is 0. The molecule has 0 heterocycles. The summed E-state index contributed by atoms with van der Waals surface area (Å²) in [5.74, 6) is -0.922. The normalized spacial score (nSPS) is 12.8. The van der Waals surface area contributed by atoms with Crippen LogP contribution in [0.5, 0.6) is 0 Å². The Kier molecular flexibility index (Phi) is 61.3. The van der Waals surface area contributed by atoms with Gasteiger partial charge >= 0.3 is 17.9 Å². The quantitative estimate of drug-likeness (QED) is 0.0261. The van der Waals surface area contributed by atoms with E-state index in [-0.39, 0.29) is 31.1 Å². The van der Waals surface area contributed by atoms with Gasteiger partial charge < -0.3 is 14.2 Å². The van der Waals surface area contributed by atoms with Gasteiger partial charge in [0, 0.05) is 19.3 Å². The van der Waals surface area contributed by atoms with E-state index >= 15 is 0 Å². The van der Waals surface area contributed by atoms with Crippen molar-refractivity contribution < 1.29 is 28.6 Å². The highest BCUT2D eigenvalue weighted by molar-refractivity contribution is 5.71. The first-order valence-electron chi connectivity index (χ1n) is 32.4. The van der Waals surface area contributed by atoms with E-state index < -0.39 is 6.10 Å². The number of esters is 3. The van der Waals surface area contributed by atoms with Crippen LogP contribution in [0.1, 0.15) is 303 Å². The third kappa shape index (κ3) is 62.8. The Morgan fingerprint density at radius 3 is 0.818 bits per heavy atom. The molecule has 6 nitrogen and oxygen atoms in total. The molecule has 1 unspecified atom stereocenters. The fourth-order valence-corrected chi connectivity index (χ4v) is 8.88. The van der Waals surface area contributed by atoms with Crippen LogP contribution in [0.2, 0.25) is 0 Å². The van der Waals surface area contributed by atoms with Crippen molar-refractivity contribution in [3.05, 3.63) is 109 Å². The number of rotatable bonds is 58. The molecular formula is C71H120O6. The van der Waals surface area contributed by atoms with Crippen LogP contribution in [-0.2, 0) is 28.6 Å². The summed E-state index contributed by atoms with van der Waals surface area (Å²) in [6.07, 6.45) is 88.0. The molecule has 0 saturated heterocycles. The molecule has 0 aliphatic carbocycles. The van der Waals surface area contributed by atoms with Crippen molar-refractivity contribution in [3.8, 4) is 0 Å². The van der Waals surface area contributed by atoms with Gasteiger partial charge in [-0.15, -0.1) is 0 Å². The zero-order valence-corrected chi connectivity index (χ0v) is 50.4. The van der Waals surface area contributed by atoms with E-state index in [2.05, 4.69) is 130 Å². The summed E-state index contributed by atoms with van der Waals surface area (Å²) in [5.41, 5.74) is 0. The van der Waals surface area contributed by atoms with Crippen LogP contribution in [0.15, 0.2) is 109 Å². The minimum Gasteiger partial charge on any atom is -0.462 e. The second-order valence-electron chi connectivity index (χ2n) is 21.3. The van der Waals surface area contributed by atoms with Crippen molar-refractivity contribution in [1.29, 1.82) is 0 Å². The Morgan fingerprint density at radius 1 is 0.273 bits per heavy atom. The Hall–Kier alpha value is -3.93. The topological polar surface area (TPSA) is 78.9 Å². The van der Waals surface area contributed by atoms with Crippen LogP contribution < -0.4 is 0 Å². The Morgan fingerprint density at radius 2 is 0.506 bits per heavy atom. The number of hydrogen-bond acceptors (Lipinski definition) is 6. The lowest BCUT2D eigenvalue weighted by Gasteiger charge is -2.18. The van der Waals surface area contributed by atoms with Crippen LogP contribution in [0.3, 0.4) is 0 Å². The summed E-state index contributed by atoms with van der Waals surface area (Å²) in [4.78, 5) is 38.3. The average molecular weight is 1070 g/mol. The van der Waals surface area contributed by atoms with Crippen LogP contribution in [-0.4, -0.2) is 37.2 Å². The zero-order chi connectivity index (χ0) is 55.7. The van der Waals surface area contributed by atoms with Gasteiger partial charge in [0.05, 0.1) is 0 Å². The number of hydrogen-bond donors (Lipinski definition) is 0. The summed E-state index contributed by atoms with van der Waals surface area (Å²) >= 11 is 0. The molecule has 0 aliphatic heterocycles. The van der Waals surface area contributed by atoms with Gasteiger partial charge in [-0.05, 0) is 128 Å². The predicted octanol–water partition coefficient (Wildman–Crippen LogP) is 22.2. The fraction of sp³-hybridized carbons (Fsp3) is 0.704. The minimum atomic E-state index is -0.800. The summed E-state index contributed by atoms with van der Waals surface area (Å²) in [6.45, 7) is 6.48. The molecule has 0 rings (SSSR count). The molecule has 0 aromatic carbocycles. The van der Waals surface area contributed by atoms with E-state index in [1.54, 1.807) is 0 Å². The first-order chi connectivity index (χ1) is 38.0. The number of unbranched alkanes of at least 4 members (excludes halogenated alkanes) is 29. The molecule has 0 aromatic rings. The first kappa shape index (κ1) is 73.1. The molecule has 0 N–H and O–H groups in total. The van der Waals surface area contributed by atoms with Gasteiger partial charge in [0.1, 0.15) is 13.2 Å². The van der Waals surface area contributed by atoms with Gasteiger partial charge in [0.15, 0.2) is 6.10 Å². The van der Waals surface area contributed by atoms with Crippen molar-refractivity contribution in [1.82, 2.24) is 0 Å². The number of carbonyl (C=O) groups excluding carboxylic acids is 3. The largest absolute Gasteiger partial charge is 0.462 e. The molecule has 77 heavy (non-hydrogen) atoms. The molecule has 0 saturated carbocycles. The van der Waals surface area contributed by atoms with Crippen LogP contribution >= 0.6 is 0 Å². The summed E-state index contributed by atoms with van der Waals surface area (Å²) in [5, 5.41) is 0.